The van der Waals surface area contributed by atoms with E-state index in [4.69, 9.17) is 5.11 Å². The van der Waals surface area contributed by atoms with E-state index in [0.717, 1.165) is 10.4 Å². The number of aryl methyl sites for hydroxylation is 1. The standard InChI is InChI=1S/C12H16N2O4S/c1-7-2-3-19-10(7)5-13-12(18)14-6-8(15)4-9(14)11(16)17/h2-3,8-9,15H,4-6H2,1H3,(H,13,18)(H,16,17)/t8-,9+/m1/s1. The molecule has 1 aliphatic rings. The predicted octanol–water partition coefficient (Wildman–Crippen LogP) is 0.786. The van der Waals surface area contributed by atoms with Gasteiger partial charge in [-0.1, -0.05) is 0 Å². The second kappa shape index (κ2) is 5.58. The largest absolute Gasteiger partial charge is 0.480 e. The summed E-state index contributed by atoms with van der Waals surface area (Å²) in [6.45, 7) is 2.39. The summed E-state index contributed by atoms with van der Waals surface area (Å²) >= 11 is 1.54. The number of thiophene rings is 1. The molecule has 1 aliphatic heterocycles. The van der Waals surface area contributed by atoms with Gasteiger partial charge in [-0.05, 0) is 23.9 Å². The number of nitrogens with zero attached hydrogens (tertiary/aromatic N) is 1. The van der Waals surface area contributed by atoms with Gasteiger partial charge in [0, 0.05) is 17.8 Å². The molecule has 1 saturated heterocycles. The molecule has 2 heterocycles. The lowest BCUT2D eigenvalue weighted by molar-refractivity contribution is -0.141. The zero-order chi connectivity index (χ0) is 14.0. The smallest absolute Gasteiger partial charge is 0.326 e. The van der Waals surface area contributed by atoms with Crippen LogP contribution >= 0.6 is 11.3 Å². The van der Waals surface area contributed by atoms with E-state index in [1.165, 1.54) is 4.90 Å². The molecule has 1 fully saturated rings. The van der Waals surface area contributed by atoms with Gasteiger partial charge in [-0.15, -0.1) is 11.3 Å². The number of hydrogen-bond donors (Lipinski definition) is 3. The second-order valence-corrected chi connectivity index (χ2v) is 5.58. The van der Waals surface area contributed by atoms with Gasteiger partial charge in [0.2, 0.25) is 0 Å². The van der Waals surface area contributed by atoms with E-state index < -0.39 is 24.1 Å². The van der Waals surface area contributed by atoms with Gasteiger partial charge in [0.05, 0.1) is 12.6 Å². The number of β-amino-alcohol motifs (C(OH)–C–C–N with tert-alkyl or cyclic N) is 1. The van der Waals surface area contributed by atoms with E-state index in [9.17, 15) is 14.7 Å². The van der Waals surface area contributed by atoms with Crippen LogP contribution in [-0.2, 0) is 11.3 Å². The van der Waals surface area contributed by atoms with Gasteiger partial charge >= 0.3 is 12.0 Å². The van der Waals surface area contributed by atoms with Crippen molar-refractivity contribution in [3.05, 3.63) is 21.9 Å². The second-order valence-electron chi connectivity index (χ2n) is 4.58. The fraction of sp³-hybridized carbons (Fsp3) is 0.500. The van der Waals surface area contributed by atoms with Crippen molar-refractivity contribution in [1.82, 2.24) is 10.2 Å². The molecule has 0 aromatic carbocycles. The average Bonchev–Trinajstić information content (AvgIpc) is 2.92. The number of carboxylic acid groups (broad SMARTS) is 1. The molecule has 0 aliphatic carbocycles. The molecule has 104 valence electrons. The van der Waals surface area contributed by atoms with Crippen LogP contribution in [0.15, 0.2) is 11.4 Å². The van der Waals surface area contributed by atoms with Crippen LogP contribution in [0.3, 0.4) is 0 Å². The first kappa shape index (κ1) is 13.8. The molecule has 2 amide bonds. The summed E-state index contributed by atoms with van der Waals surface area (Å²) in [5, 5.41) is 23.1. The molecule has 1 aromatic rings. The summed E-state index contributed by atoms with van der Waals surface area (Å²) in [6.07, 6.45) is -0.684. The SMILES string of the molecule is Cc1ccsc1CNC(=O)N1C[C@H](O)C[C@H]1C(=O)O. The highest BCUT2D eigenvalue weighted by Crippen LogP contribution is 2.19. The molecular weight excluding hydrogens is 268 g/mol. The monoisotopic (exact) mass is 284 g/mol. The minimum Gasteiger partial charge on any atom is -0.480 e. The molecule has 0 saturated carbocycles. The van der Waals surface area contributed by atoms with Crippen LogP contribution in [0.5, 0.6) is 0 Å². The number of aliphatic hydroxyl groups excluding tert-OH is 1. The highest BCUT2D eigenvalue weighted by Gasteiger charge is 2.38. The number of carbonyl (C=O) groups is 2. The van der Waals surface area contributed by atoms with Crippen molar-refractivity contribution in [3.8, 4) is 0 Å². The van der Waals surface area contributed by atoms with Crippen molar-refractivity contribution in [2.24, 2.45) is 0 Å². The first-order chi connectivity index (χ1) is 8.99. The number of likely N-dealkylation sites (tertiary alicyclic amines) is 1. The molecule has 0 radical (unpaired) electrons. The zero-order valence-electron chi connectivity index (χ0n) is 10.5. The van der Waals surface area contributed by atoms with E-state index >= 15 is 0 Å². The topological polar surface area (TPSA) is 89.9 Å². The number of carboxylic acids is 1. The number of aliphatic hydroxyl groups is 1. The third-order valence-electron chi connectivity index (χ3n) is 3.19. The molecule has 3 N–H and O–H groups in total. The maximum absolute atomic E-state index is 12.0. The lowest BCUT2D eigenvalue weighted by atomic mass is 10.2. The summed E-state index contributed by atoms with van der Waals surface area (Å²) in [5.74, 6) is -1.08. The van der Waals surface area contributed by atoms with E-state index in [1.807, 2.05) is 18.4 Å². The van der Waals surface area contributed by atoms with Crippen LogP contribution in [0, 0.1) is 6.92 Å². The first-order valence-corrected chi connectivity index (χ1v) is 6.85. The van der Waals surface area contributed by atoms with E-state index in [2.05, 4.69) is 5.32 Å². The molecule has 1 aromatic heterocycles. The molecule has 7 heteroatoms. The van der Waals surface area contributed by atoms with Crippen molar-refractivity contribution in [3.63, 3.8) is 0 Å². The molecular formula is C12H16N2O4S. The Balaban J connectivity index is 1.96. The maximum Gasteiger partial charge on any atom is 0.326 e. The minimum atomic E-state index is -1.08. The molecule has 6 nitrogen and oxygen atoms in total. The minimum absolute atomic E-state index is 0.0617. The Morgan fingerprint density at radius 1 is 1.58 bits per heavy atom. The number of rotatable bonds is 3. The average molecular weight is 284 g/mol. The highest BCUT2D eigenvalue weighted by atomic mass is 32.1. The van der Waals surface area contributed by atoms with Crippen LogP contribution in [-0.4, -0.2) is 45.8 Å². The lowest BCUT2D eigenvalue weighted by Gasteiger charge is -2.21. The summed E-state index contributed by atoms with van der Waals surface area (Å²) in [5.41, 5.74) is 1.10. The van der Waals surface area contributed by atoms with Crippen LogP contribution in [0.2, 0.25) is 0 Å². The quantitative estimate of drug-likeness (QED) is 0.765. The highest BCUT2D eigenvalue weighted by molar-refractivity contribution is 7.10. The number of hydrogen-bond acceptors (Lipinski definition) is 4. The van der Waals surface area contributed by atoms with Crippen LogP contribution < -0.4 is 5.32 Å². The first-order valence-electron chi connectivity index (χ1n) is 5.97. The molecule has 19 heavy (non-hydrogen) atoms. The number of amides is 2. The van der Waals surface area contributed by atoms with Crippen molar-refractivity contribution < 1.29 is 19.8 Å². The van der Waals surface area contributed by atoms with Crippen LogP contribution in [0.25, 0.3) is 0 Å². The van der Waals surface area contributed by atoms with Crippen LogP contribution in [0.1, 0.15) is 16.9 Å². The van der Waals surface area contributed by atoms with Crippen molar-refractivity contribution in [2.75, 3.05) is 6.54 Å². The number of aliphatic carboxylic acids is 1. The van der Waals surface area contributed by atoms with Crippen molar-refractivity contribution in [1.29, 1.82) is 0 Å². The fourth-order valence-electron chi connectivity index (χ4n) is 2.11. The van der Waals surface area contributed by atoms with E-state index in [1.54, 1.807) is 11.3 Å². The summed E-state index contributed by atoms with van der Waals surface area (Å²) < 4.78 is 0. The summed E-state index contributed by atoms with van der Waals surface area (Å²) in [7, 11) is 0. The molecule has 0 bridgehead atoms. The molecule has 2 atom stereocenters. The zero-order valence-corrected chi connectivity index (χ0v) is 11.3. The van der Waals surface area contributed by atoms with Gasteiger partial charge in [-0.2, -0.15) is 0 Å². The Morgan fingerprint density at radius 2 is 2.32 bits per heavy atom. The van der Waals surface area contributed by atoms with Gasteiger partial charge in [0.1, 0.15) is 6.04 Å². The lowest BCUT2D eigenvalue weighted by Crippen LogP contribution is -2.45. The van der Waals surface area contributed by atoms with Crippen LogP contribution in [0.4, 0.5) is 4.79 Å². The summed E-state index contributed by atoms with van der Waals surface area (Å²) in [6, 6.07) is 0.572. The Labute approximate surface area is 114 Å². The number of urea groups is 1. The fourth-order valence-corrected chi connectivity index (χ4v) is 2.96. The molecule has 0 spiro atoms. The number of carbonyl (C=O) groups excluding carboxylic acids is 1. The van der Waals surface area contributed by atoms with Gasteiger partial charge in [-0.3, -0.25) is 0 Å². The normalized spacial score (nSPS) is 22.5. The third-order valence-corrected chi connectivity index (χ3v) is 4.22. The van der Waals surface area contributed by atoms with Gasteiger partial charge in [0.25, 0.3) is 0 Å². The van der Waals surface area contributed by atoms with E-state index in [0.29, 0.717) is 6.54 Å². The Kier molecular flexibility index (Phi) is 4.06. The predicted molar refractivity (Wildman–Crippen MR) is 70.0 cm³/mol. The molecule has 0 unspecified atom stereocenters. The molecule has 2 rings (SSSR count). The van der Waals surface area contributed by atoms with Crippen molar-refractivity contribution >= 4 is 23.3 Å². The Hall–Kier alpha value is -1.60. The number of nitrogens with one attached hydrogen (secondary N) is 1. The maximum atomic E-state index is 12.0. The van der Waals surface area contributed by atoms with E-state index in [-0.39, 0.29) is 13.0 Å². The Bertz CT molecular complexity index is 488. The van der Waals surface area contributed by atoms with Gasteiger partial charge in [0.15, 0.2) is 0 Å². The van der Waals surface area contributed by atoms with Crippen molar-refractivity contribution in [2.45, 2.75) is 32.0 Å². The van der Waals surface area contributed by atoms with Gasteiger partial charge < -0.3 is 20.4 Å². The summed E-state index contributed by atoms with van der Waals surface area (Å²) in [4.78, 5) is 25.2. The Morgan fingerprint density at radius 3 is 2.89 bits per heavy atom. The third kappa shape index (κ3) is 3.05. The van der Waals surface area contributed by atoms with Gasteiger partial charge in [-0.25, -0.2) is 9.59 Å².